The highest BCUT2D eigenvalue weighted by molar-refractivity contribution is 14.1. The Kier molecular flexibility index (Phi) is 5.32. The number of hydrogen-bond acceptors (Lipinski definition) is 3. The first kappa shape index (κ1) is 14.4. The third-order valence-electron chi connectivity index (χ3n) is 2.91. The number of amides is 1. The first-order valence-corrected chi connectivity index (χ1v) is 6.70. The van der Waals surface area contributed by atoms with Crippen LogP contribution in [0.5, 0.6) is 0 Å². The molecule has 0 saturated heterocycles. The van der Waals surface area contributed by atoms with Gasteiger partial charge in [-0.05, 0) is 41.5 Å². The van der Waals surface area contributed by atoms with Gasteiger partial charge in [-0.15, -0.1) is 0 Å². The minimum atomic E-state index is -0.811. The predicted molar refractivity (Wildman–Crippen MR) is 74.8 cm³/mol. The molecule has 0 atom stereocenters. The Balaban J connectivity index is 2.65. The lowest BCUT2D eigenvalue weighted by Crippen LogP contribution is -2.42. The monoisotopic (exact) mass is 348 g/mol. The summed E-state index contributed by atoms with van der Waals surface area (Å²) in [5.41, 5.74) is -0.219. The minimum Gasteiger partial charge on any atom is -0.388 e. The number of aliphatic hydroxyl groups is 1. The van der Waals surface area contributed by atoms with E-state index in [1.54, 1.807) is 18.5 Å². The Morgan fingerprint density at radius 2 is 2.18 bits per heavy atom. The number of pyridine rings is 1. The van der Waals surface area contributed by atoms with Gasteiger partial charge in [0.25, 0.3) is 5.91 Å². The summed E-state index contributed by atoms with van der Waals surface area (Å²) in [7, 11) is 0. The summed E-state index contributed by atoms with van der Waals surface area (Å²) < 4.78 is 0.805. The molecule has 0 fully saturated rings. The zero-order valence-electron chi connectivity index (χ0n) is 10.0. The molecule has 0 aliphatic heterocycles. The number of rotatable bonds is 5. The molecule has 0 aliphatic rings. The molecule has 5 heteroatoms. The maximum absolute atomic E-state index is 11.9. The highest BCUT2D eigenvalue weighted by atomic mass is 127. The number of halogens is 1. The maximum atomic E-state index is 11.9. The van der Waals surface area contributed by atoms with E-state index in [1.165, 1.54) is 0 Å². The van der Waals surface area contributed by atoms with Crippen LogP contribution in [0.3, 0.4) is 0 Å². The standard InChI is InChI=1S/C12H17IN2O2/c1-3-12(17,4-2)8-15-11(16)9-5-6-14-7-10(9)13/h5-7,17H,3-4,8H2,1-2H3,(H,15,16). The van der Waals surface area contributed by atoms with Crippen molar-refractivity contribution in [2.45, 2.75) is 32.3 Å². The number of carbonyl (C=O) groups excluding carboxylic acids is 1. The van der Waals surface area contributed by atoms with Gasteiger partial charge in [-0.1, -0.05) is 13.8 Å². The zero-order valence-corrected chi connectivity index (χ0v) is 12.2. The lowest BCUT2D eigenvalue weighted by Gasteiger charge is -2.25. The molecule has 1 aromatic rings. The molecule has 1 aromatic heterocycles. The molecule has 1 heterocycles. The van der Waals surface area contributed by atoms with Crippen LogP contribution in [0, 0.1) is 3.57 Å². The molecule has 17 heavy (non-hydrogen) atoms. The third-order valence-corrected chi connectivity index (χ3v) is 3.77. The minimum absolute atomic E-state index is 0.169. The summed E-state index contributed by atoms with van der Waals surface area (Å²) >= 11 is 2.07. The van der Waals surface area contributed by atoms with Crippen molar-refractivity contribution >= 4 is 28.5 Å². The van der Waals surface area contributed by atoms with E-state index in [4.69, 9.17) is 0 Å². The van der Waals surface area contributed by atoms with E-state index >= 15 is 0 Å². The van der Waals surface area contributed by atoms with Gasteiger partial charge in [-0.2, -0.15) is 0 Å². The Labute approximate surface area is 115 Å². The van der Waals surface area contributed by atoms with Crippen molar-refractivity contribution in [2.75, 3.05) is 6.54 Å². The smallest absolute Gasteiger partial charge is 0.252 e. The zero-order chi connectivity index (χ0) is 12.9. The third kappa shape index (κ3) is 3.92. The molecular weight excluding hydrogens is 331 g/mol. The normalized spacial score (nSPS) is 11.3. The van der Waals surface area contributed by atoms with Gasteiger partial charge in [0.05, 0.1) is 11.2 Å². The quantitative estimate of drug-likeness (QED) is 0.800. The fraction of sp³-hybridized carbons (Fsp3) is 0.500. The second-order valence-electron chi connectivity index (χ2n) is 3.97. The van der Waals surface area contributed by atoms with Crippen LogP contribution in [0.2, 0.25) is 0 Å². The van der Waals surface area contributed by atoms with Crippen LogP contribution in [0.1, 0.15) is 37.0 Å². The molecular formula is C12H17IN2O2. The lowest BCUT2D eigenvalue weighted by molar-refractivity contribution is 0.0314. The van der Waals surface area contributed by atoms with E-state index in [0.717, 1.165) is 3.57 Å². The number of nitrogens with one attached hydrogen (secondary N) is 1. The lowest BCUT2D eigenvalue weighted by atomic mass is 9.97. The van der Waals surface area contributed by atoms with E-state index in [0.29, 0.717) is 18.4 Å². The number of nitrogens with zero attached hydrogens (tertiary/aromatic N) is 1. The van der Waals surface area contributed by atoms with Crippen LogP contribution in [0.4, 0.5) is 0 Å². The first-order valence-electron chi connectivity index (χ1n) is 5.62. The molecule has 0 bridgehead atoms. The summed E-state index contributed by atoms with van der Waals surface area (Å²) in [4.78, 5) is 15.8. The van der Waals surface area contributed by atoms with Crippen molar-refractivity contribution in [3.63, 3.8) is 0 Å². The first-order chi connectivity index (χ1) is 8.02. The van der Waals surface area contributed by atoms with Crippen LogP contribution < -0.4 is 5.32 Å². The summed E-state index contributed by atoms with van der Waals surface area (Å²) in [6.07, 6.45) is 4.47. The van der Waals surface area contributed by atoms with Gasteiger partial charge >= 0.3 is 0 Å². The Morgan fingerprint density at radius 3 is 2.71 bits per heavy atom. The van der Waals surface area contributed by atoms with E-state index in [9.17, 15) is 9.90 Å². The summed E-state index contributed by atoms with van der Waals surface area (Å²) in [5.74, 6) is -0.169. The molecule has 2 N–H and O–H groups in total. The van der Waals surface area contributed by atoms with Crippen LogP contribution >= 0.6 is 22.6 Å². The molecule has 0 radical (unpaired) electrons. The average molecular weight is 348 g/mol. The van der Waals surface area contributed by atoms with Crippen molar-refractivity contribution in [1.29, 1.82) is 0 Å². The Morgan fingerprint density at radius 1 is 1.53 bits per heavy atom. The molecule has 4 nitrogen and oxygen atoms in total. The highest BCUT2D eigenvalue weighted by Crippen LogP contribution is 2.14. The second-order valence-corrected chi connectivity index (χ2v) is 5.13. The van der Waals surface area contributed by atoms with E-state index in [1.807, 2.05) is 13.8 Å². The maximum Gasteiger partial charge on any atom is 0.252 e. The largest absolute Gasteiger partial charge is 0.388 e. The molecule has 0 aliphatic carbocycles. The highest BCUT2D eigenvalue weighted by Gasteiger charge is 2.23. The molecule has 0 unspecified atom stereocenters. The summed E-state index contributed by atoms with van der Waals surface area (Å²) in [6, 6.07) is 1.67. The average Bonchev–Trinajstić information content (AvgIpc) is 2.36. The second kappa shape index (κ2) is 6.30. The van der Waals surface area contributed by atoms with Crippen molar-refractivity contribution in [3.8, 4) is 0 Å². The van der Waals surface area contributed by atoms with Crippen molar-refractivity contribution in [2.24, 2.45) is 0 Å². The van der Waals surface area contributed by atoms with E-state index in [-0.39, 0.29) is 12.5 Å². The molecule has 1 rings (SSSR count). The predicted octanol–water partition coefficient (Wildman–Crippen LogP) is 1.97. The SMILES string of the molecule is CCC(O)(CC)CNC(=O)c1ccncc1I. The summed E-state index contributed by atoms with van der Waals surface area (Å²) in [6.45, 7) is 4.09. The van der Waals surface area contributed by atoms with Crippen LogP contribution in [0.25, 0.3) is 0 Å². The van der Waals surface area contributed by atoms with E-state index < -0.39 is 5.60 Å². The van der Waals surface area contributed by atoms with Crippen LogP contribution in [-0.2, 0) is 0 Å². The fourth-order valence-electron chi connectivity index (χ4n) is 1.40. The summed E-state index contributed by atoms with van der Waals surface area (Å²) in [5, 5.41) is 12.8. The molecule has 0 aromatic carbocycles. The van der Waals surface area contributed by atoms with Gasteiger partial charge in [-0.25, -0.2) is 0 Å². The molecule has 0 spiro atoms. The number of hydrogen-bond donors (Lipinski definition) is 2. The molecule has 94 valence electrons. The van der Waals surface area contributed by atoms with Gasteiger partial charge in [0, 0.05) is 22.5 Å². The van der Waals surface area contributed by atoms with Crippen LogP contribution in [-0.4, -0.2) is 28.1 Å². The van der Waals surface area contributed by atoms with Gasteiger partial charge in [-0.3, -0.25) is 9.78 Å². The van der Waals surface area contributed by atoms with E-state index in [2.05, 4.69) is 32.9 Å². The molecule has 1 amide bonds. The number of aromatic nitrogens is 1. The molecule has 0 saturated carbocycles. The van der Waals surface area contributed by atoms with Crippen molar-refractivity contribution in [3.05, 3.63) is 27.6 Å². The fourth-order valence-corrected chi connectivity index (χ4v) is 1.98. The van der Waals surface area contributed by atoms with Crippen LogP contribution in [0.15, 0.2) is 18.5 Å². The van der Waals surface area contributed by atoms with Gasteiger partial charge < -0.3 is 10.4 Å². The van der Waals surface area contributed by atoms with Gasteiger partial charge in [0.2, 0.25) is 0 Å². The topological polar surface area (TPSA) is 62.2 Å². The van der Waals surface area contributed by atoms with Gasteiger partial charge in [0.1, 0.15) is 0 Å². The Hall–Kier alpha value is -0.690. The van der Waals surface area contributed by atoms with Crippen molar-refractivity contribution < 1.29 is 9.90 Å². The number of carbonyl (C=O) groups is 1. The van der Waals surface area contributed by atoms with Gasteiger partial charge in [0.15, 0.2) is 0 Å². The Bertz CT molecular complexity index is 392. The van der Waals surface area contributed by atoms with Crippen molar-refractivity contribution in [1.82, 2.24) is 10.3 Å².